The summed E-state index contributed by atoms with van der Waals surface area (Å²) in [6, 6.07) is 7.70. The predicted octanol–water partition coefficient (Wildman–Crippen LogP) is 1.10. The minimum Gasteiger partial charge on any atom is -0.341 e. The molecule has 3 amide bonds. The van der Waals surface area contributed by atoms with Gasteiger partial charge in [0.05, 0.1) is 6.42 Å². The van der Waals surface area contributed by atoms with Crippen LogP contribution < -0.4 is 16.0 Å². The summed E-state index contributed by atoms with van der Waals surface area (Å²) >= 11 is 0. The number of likely N-dealkylation sites (tertiary alicyclic amines) is 1. The minimum absolute atomic E-state index is 0.0626. The summed E-state index contributed by atoms with van der Waals surface area (Å²) in [6.45, 7) is 2.82. The largest absolute Gasteiger partial charge is 0.341 e. The molecule has 1 atom stereocenters. The molecule has 1 aromatic carbocycles. The summed E-state index contributed by atoms with van der Waals surface area (Å²) in [5.74, 6) is 0.133. The number of carbonyl (C=O) groups excluding carboxylic acids is 2. The third-order valence-corrected chi connectivity index (χ3v) is 4.52. The number of benzene rings is 1. The quantitative estimate of drug-likeness (QED) is 0.876. The van der Waals surface area contributed by atoms with E-state index in [0.717, 1.165) is 37.1 Å². The SMILES string of the molecule is N[C@@H]1CCCCN(C(=O)Cc2ccc(N3CCNC3=O)cc2)C1. The maximum absolute atomic E-state index is 12.5. The van der Waals surface area contributed by atoms with Gasteiger partial charge in [-0.2, -0.15) is 0 Å². The topological polar surface area (TPSA) is 78.7 Å². The highest BCUT2D eigenvalue weighted by molar-refractivity contribution is 5.94. The van der Waals surface area contributed by atoms with Crippen LogP contribution in [0.25, 0.3) is 0 Å². The molecule has 0 unspecified atom stereocenters. The second-order valence-corrected chi connectivity index (χ2v) is 6.32. The molecule has 6 heteroatoms. The fraction of sp³-hybridized carbons (Fsp3) is 0.529. The van der Waals surface area contributed by atoms with Crippen LogP contribution in [0.15, 0.2) is 24.3 Å². The van der Waals surface area contributed by atoms with E-state index in [4.69, 9.17) is 5.73 Å². The number of nitrogens with one attached hydrogen (secondary N) is 1. The normalized spacial score (nSPS) is 22.0. The van der Waals surface area contributed by atoms with E-state index < -0.39 is 0 Å². The molecule has 0 bridgehead atoms. The number of amides is 3. The molecule has 3 rings (SSSR count). The number of rotatable bonds is 3. The fourth-order valence-corrected chi connectivity index (χ4v) is 3.20. The van der Waals surface area contributed by atoms with Crippen molar-refractivity contribution in [3.8, 4) is 0 Å². The lowest BCUT2D eigenvalue weighted by Crippen LogP contribution is -2.40. The van der Waals surface area contributed by atoms with Gasteiger partial charge in [0, 0.05) is 37.9 Å². The van der Waals surface area contributed by atoms with Gasteiger partial charge in [-0.15, -0.1) is 0 Å². The van der Waals surface area contributed by atoms with Crippen molar-refractivity contribution in [2.45, 2.75) is 31.7 Å². The molecular weight excluding hydrogens is 292 g/mol. The lowest BCUT2D eigenvalue weighted by molar-refractivity contribution is -0.130. The maximum Gasteiger partial charge on any atom is 0.321 e. The average molecular weight is 316 g/mol. The molecule has 0 aromatic heterocycles. The van der Waals surface area contributed by atoms with Crippen LogP contribution in [0.4, 0.5) is 10.5 Å². The summed E-state index contributed by atoms with van der Waals surface area (Å²) in [4.78, 5) is 27.7. The molecular formula is C17H24N4O2. The molecule has 2 fully saturated rings. The first-order valence-corrected chi connectivity index (χ1v) is 8.31. The molecule has 23 heavy (non-hydrogen) atoms. The molecule has 2 heterocycles. The third kappa shape index (κ3) is 3.82. The second-order valence-electron chi connectivity index (χ2n) is 6.32. The summed E-state index contributed by atoms with van der Waals surface area (Å²) < 4.78 is 0. The number of hydrogen-bond acceptors (Lipinski definition) is 3. The van der Waals surface area contributed by atoms with Crippen LogP contribution in [-0.2, 0) is 11.2 Å². The highest BCUT2D eigenvalue weighted by atomic mass is 16.2. The van der Waals surface area contributed by atoms with Gasteiger partial charge in [-0.05, 0) is 30.5 Å². The Labute approximate surface area is 136 Å². The van der Waals surface area contributed by atoms with Gasteiger partial charge in [0.15, 0.2) is 0 Å². The van der Waals surface area contributed by atoms with E-state index in [1.165, 1.54) is 0 Å². The number of hydrogen-bond donors (Lipinski definition) is 2. The summed E-state index contributed by atoms with van der Waals surface area (Å²) in [7, 11) is 0. The molecule has 0 saturated carbocycles. The van der Waals surface area contributed by atoms with Gasteiger partial charge in [-0.25, -0.2) is 4.79 Å². The van der Waals surface area contributed by atoms with Crippen molar-refractivity contribution >= 4 is 17.6 Å². The molecule has 0 aliphatic carbocycles. The summed E-state index contributed by atoms with van der Waals surface area (Å²) in [5, 5.41) is 2.78. The zero-order chi connectivity index (χ0) is 16.2. The van der Waals surface area contributed by atoms with Crippen LogP contribution in [-0.4, -0.2) is 49.1 Å². The smallest absolute Gasteiger partial charge is 0.321 e. The molecule has 0 spiro atoms. The molecule has 3 N–H and O–H groups in total. The maximum atomic E-state index is 12.5. The van der Waals surface area contributed by atoms with Crippen LogP contribution in [0, 0.1) is 0 Å². The number of nitrogens with zero attached hydrogens (tertiary/aromatic N) is 2. The van der Waals surface area contributed by atoms with Gasteiger partial charge in [-0.1, -0.05) is 18.6 Å². The first kappa shape index (κ1) is 15.8. The van der Waals surface area contributed by atoms with E-state index in [2.05, 4.69) is 5.32 Å². The van der Waals surface area contributed by atoms with E-state index in [-0.39, 0.29) is 18.0 Å². The Morgan fingerprint density at radius 2 is 2.00 bits per heavy atom. The van der Waals surface area contributed by atoms with Crippen LogP contribution in [0.5, 0.6) is 0 Å². The van der Waals surface area contributed by atoms with Crippen molar-refractivity contribution in [2.75, 3.05) is 31.1 Å². The Kier molecular flexibility index (Phi) is 4.81. The van der Waals surface area contributed by atoms with Gasteiger partial charge < -0.3 is 16.0 Å². The van der Waals surface area contributed by atoms with E-state index in [1.54, 1.807) is 4.90 Å². The van der Waals surface area contributed by atoms with E-state index in [9.17, 15) is 9.59 Å². The van der Waals surface area contributed by atoms with Gasteiger partial charge in [0.2, 0.25) is 5.91 Å². The molecule has 0 radical (unpaired) electrons. The molecule has 1 aromatic rings. The first-order valence-electron chi connectivity index (χ1n) is 8.31. The van der Waals surface area contributed by atoms with E-state index in [1.807, 2.05) is 29.2 Å². The highest BCUT2D eigenvalue weighted by Gasteiger charge is 2.22. The zero-order valence-electron chi connectivity index (χ0n) is 13.3. The lowest BCUT2D eigenvalue weighted by Gasteiger charge is -2.23. The van der Waals surface area contributed by atoms with Gasteiger partial charge in [-0.3, -0.25) is 9.69 Å². The molecule has 2 saturated heterocycles. The Balaban J connectivity index is 1.61. The molecule has 2 aliphatic rings. The predicted molar refractivity (Wildman–Crippen MR) is 89.3 cm³/mol. The second kappa shape index (κ2) is 7.00. The van der Waals surface area contributed by atoms with Crippen LogP contribution in [0.2, 0.25) is 0 Å². The van der Waals surface area contributed by atoms with Crippen molar-refractivity contribution in [1.29, 1.82) is 0 Å². The van der Waals surface area contributed by atoms with Crippen LogP contribution in [0.3, 0.4) is 0 Å². The number of nitrogens with two attached hydrogens (primary N) is 1. The van der Waals surface area contributed by atoms with E-state index >= 15 is 0 Å². The average Bonchev–Trinajstić information content (AvgIpc) is 2.84. The number of urea groups is 1. The summed E-state index contributed by atoms with van der Waals surface area (Å²) in [5.41, 5.74) is 7.86. The van der Waals surface area contributed by atoms with E-state index in [0.29, 0.717) is 26.1 Å². The van der Waals surface area contributed by atoms with Gasteiger partial charge in [0.1, 0.15) is 0 Å². The Morgan fingerprint density at radius 1 is 1.22 bits per heavy atom. The van der Waals surface area contributed by atoms with Crippen molar-refractivity contribution in [1.82, 2.24) is 10.2 Å². The third-order valence-electron chi connectivity index (χ3n) is 4.52. The summed E-state index contributed by atoms with van der Waals surface area (Å²) in [6.07, 6.45) is 3.51. The van der Waals surface area contributed by atoms with Crippen molar-refractivity contribution in [2.24, 2.45) is 5.73 Å². The Morgan fingerprint density at radius 3 is 2.70 bits per heavy atom. The van der Waals surface area contributed by atoms with Crippen LogP contribution >= 0.6 is 0 Å². The lowest BCUT2D eigenvalue weighted by atomic mass is 10.1. The number of carbonyl (C=O) groups is 2. The zero-order valence-corrected chi connectivity index (χ0v) is 13.3. The molecule has 124 valence electrons. The fourth-order valence-electron chi connectivity index (χ4n) is 3.20. The van der Waals surface area contributed by atoms with Crippen molar-refractivity contribution in [3.05, 3.63) is 29.8 Å². The highest BCUT2D eigenvalue weighted by Crippen LogP contribution is 2.18. The van der Waals surface area contributed by atoms with Gasteiger partial charge in [0.25, 0.3) is 0 Å². The van der Waals surface area contributed by atoms with Gasteiger partial charge >= 0.3 is 6.03 Å². The Bertz CT molecular complexity index is 572. The monoisotopic (exact) mass is 316 g/mol. The molecule has 6 nitrogen and oxygen atoms in total. The van der Waals surface area contributed by atoms with Crippen LogP contribution in [0.1, 0.15) is 24.8 Å². The molecule has 2 aliphatic heterocycles. The Hall–Kier alpha value is -2.08. The van der Waals surface area contributed by atoms with Crippen molar-refractivity contribution < 1.29 is 9.59 Å². The standard InChI is InChI=1S/C17H24N4O2/c18-14-3-1-2-9-20(12-14)16(22)11-13-4-6-15(7-5-13)21-10-8-19-17(21)23/h4-7,14H,1-3,8-12,18H2,(H,19,23)/t14-/m1/s1. The first-order chi connectivity index (χ1) is 11.1. The number of anilines is 1. The minimum atomic E-state index is -0.0626. The van der Waals surface area contributed by atoms with Crippen molar-refractivity contribution in [3.63, 3.8) is 0 Å².